The van der Waals surface area contributed by atoms with E-state index >= 15 is 0 Å². The maximum Gasteiger partial charge on any atom is 0.272 e. The van der Waals surface area contributed by atoms with Gasteiger partial charge in [-0.1, -0.05) is 42.5 Å². The molecule has 0 fully saturated rings. The van der Waals surface area contributed by atoms with Crippen LogP contribution in [0.3, 0.4) is 0 Å². The summed E-state index contributed by atoms with van der Waals surface area (Å²) in [5.74, 6) is 1.18. The summed E-state index contributed by atoms with van der Waals surface area (Å²) >= 11 is 0. The van der Waals surface area contributed by atoms with Gasteiger partial charge in [-0.25, -0.2) is 10.1 Å². The Kier molecular flexibility index (Phi) is 3.28. The molecule has 2 heterocycles. The maximum absolute atomic E-state index is 12.3. The summed E-state index contributed by atoms with van der Waals surface area (Å²) in [5, 5.41) is 8.89. The number of imidazole rings is 1. The van der Waals surface area contributed by atoms with E-state index in [4.69, 9.17) is 0 Å². The van der Waals surface area contributed by atoms with Crippen molar-refractivity contribution in [2.45, 2.75) is 18.3 Å². The van der Waals surface area contributed by atoms with Crippen LogP contribution in [0.2, 0.25) is 0 Å². The molecule has 5 rings (SSSR count). The van der Waals surface area contributed by atoms with Crippen molar-refractivity contribution in [3.05, 3.63) is 93.9 Å². The Morgan fingerprint density at radius 3 is 2.73 bits per heavy atom. The van der Waals surface area contributed by atoms with E-state index < -0.39 is 0 Å². The zero-order chi connectivity index (χ0) is 17.7. The van der Waals surface area contributed by atoms with Crippen LogP contribution in [-0.4, -0.2) is 19.7 Å². The first-order valence-corrected chi connectivity index (χ1v) is 8.76. The van der Waals surface area contributed by atoms with Crippen molar-refractivity contribution in [3.8, 4) is 0 Å². The predicted octanol–water partition coefficient (Wildman–Crippen LogP) is 3.13. The maximum atomic E-state index is 12.3. The summed E-state index contributed by atoms with van der Waals surface area (Å²) in [6.45, 7) is 0. The number of aryl methyl sites for hydroxylation is 1. The summed E-state index contributed by atoms with van der Waals surface area (Å²) in [4.78, 5) is 16.9. The van der Waals surface area contributed by atoms with E-state index in [2.05, 4.69) is 45.5 Å². The monoisotopic (exact) mass is 342 g/mol. The Morgan fingerprint density at radius 2 is 1.96 bits per heavy atom. The van der Waals surface area contributed by atoms with Gasteiger partial charge in [0.2, 0.25) is 0 Å². The van der Waals surface area contributed by atoms with Crippen molar-refractivity contribution in [3.63, 3.8) is 0 Å². The molecule has 1 aliphatic rings. The summed E-state index contributed by atoms with van der Waals surface area (Å²) in [5.41, 5.74) is 3.21. The number of H-pyrrole nitrogens is 1. The van der Waals surface area contributed by atoms with Crippen molar-refractivity contribution in [1.29, 1.82) is 0 Å². The van der Waals surface area contributed by atoms with E-state index in [1.165, 1.54) is 11.1 Å². The molecule has 2 unspecified atom stereocenters. The number of nitrogens with zero attached hydrogens (tertiary/aromatic N) is 3. The third-order valence-electron chi connectivity index (χ3n) is 5.43. The number of hydrogen-bond donors (Lipinski definition) is 1. The Labute approximate surface area is 150 Å². The van der Waals surface area contributed by atoms with Gasteiger partial charge >= 0.3 is 0 Å². The molecular formula is C21H18N4O. The van der Waals surface area contributed by atoms with Gasteiger partial charge in [-0.2, -0.15) is 5.10 Å². The Morgan fingerprint density at radius 1 is 1.12 bits per heavy atom. The quantitative estimate of drug-likeness (QED) is 0.609. The van der Waals surface area contributed by atoms with Crippen molar-refractivity contribution in [2.75, 3.05) is 0 Å². The van der Waals surface area contributed by atoms with Gasteiger partial charge in [0.15, 0.2) is 0 Å². The third-order valence-corrected chi connectivity index (χ3v) is 5.43. The van der Waals surface area contributed by atoms with Crippen LogP contribution in [0.4, 0.5) is 0 Å². The largest absolute Gasteiger partial charge is 0.337 e. The second kappa shape index (κ2) is 5.66. The molecule has 26 heavy (non-hydrogen) atoms. The van der Waals surface area contributed by atoms with Gasteiger partial charge in [0, 0.05) is 30.7 Å². The van der Waals surface area contributed by atoms with Crippen molar-refractivity contribution < 1.29 is 0 Å². The van der Waals surface area contributed by atoms with Crippen LogP contribution >= 0.6 is 0 Å². The van der Waals surface area contributed by atoms with Crippen LogP contribution in [0.15, 0.2) is 65.7 Å². The average Bonchev–Trinajstić information content (AvgIpc) is 3.10. The van der Waals surface area contributed by atoms with Gasteiger partial charge in [-0.3, -0.25) is 4.79 Å². The standard InChI is InChI=1S/C21H18N4O/c1-25-11-10-22-20(25)18-16(13-6-3-2-4-7-13)12-14-8-5-9-15-17(14)19(18)23-24-21(15)26/h2-11,16,18H,12H2,1H3,(H,24,26). The lowest BCUT2D eigenvalue weighted by molar-refractivity contribution is 0.534. The van der Waals surface area contributed by atoms with Crippen LogP contribution in [0.1, 0.15) is 34.5 Å². The van der Waals surface area contributed by atoms with Crippen molar-refractivity contribution in [2.24, 2.45) is 7.05 Å². The lowest BCUT2D eigenvalue weighted by Gasteiger charge is -2.32. The highest BCUT2D eigenvalue weighted by Crippen LogP contribution is 2.45. The summed E-state index contributed by atoms with van der Waals surface area (Å²) in [6, 6.07) is 16.4. The molecule has 1 N–H and O–H groups in total. The molecule has 5 nitrogen and oxygen atoms in total. The molecule has 2 aromatic carbocycles. The summed E-state index contributed by atoms with van der Waals surface area (Å²) in [6.07, 6.45) is 4.64. The Bertz CT molecular complexity index is 1160. The Balaban J connectivity index is 1.83. The molecule has 0 amide bonds. The van der Waals surface area contributed by atoms with Crippen molar-refractivity contribution in [1.82, 2.24) is 19.7 Å². The topological polar surface area (TPSA) is 63.6 Å². The fraction of sp³-hybridized carbons (Fsp3) is 0.190. The van der Waals surface area contributed by atoms with Crippen LogP contribution < -0.4 is 5.56 Å². The van der Waals surface area contributed by atoms with Crippen molar-refractivity contribution >= 4 is 10.8 Å². The molecule has 0 radical (unpaired) electrons. The zero-order valence-electron chi connectivity index (χ0n) is 14.4. The van der Waals surface area contributed by atoms with E-state index in [-0.39, 0.29) is 17.4 Å². The van der Waals surface area contributed by atoms with Gasteiger partial charge in [0.1, 0.15) is 5.82 Å². The van der Waals surface area contributed by atoms with E-state index in [0.29, 0.717) is 5.39 Å². The van der Waals surface area contributed by atoms with E-state index in [1.807, 2.05) is 42.2 Å². The van der Waals surface area contributed by atoms with Gasteiger partial charge in [-0.15, -0.1) is 0 Å². The predicted molar refractivity (Wildman–Crippen MR) is 100 cm³/mol. The second-order valence-corrected chi connectivity index (χ2v) is 6.87. The molecular weight excluding hydrogens is 324 g/mol. The van der Waals surface area contributed by atoms with Gasteiger partial charge in [-0.05, 0) is 23.6 Å². The number of nitrogens with one attached hydrogen (secondary N) is 1. The number of benzene rings is 2. The number of aromatic nitrogens is 4. The number of hydrogen-bond acceptors (Lipinski definition) is 3. The first-order valence-electron chi connectivity index (χ1n) is 8.76. The highest BCUT2D eigenvalue weighted by atomic mass is 16.1. The van der Waals surface area contributed by atoms with Gasteiger partial charge in [0.25, 0.3) is 5.56 Å². The van der Waals surface area contributed by atoms with E-state index in [1.54, 1.807) is 0 Å². The average molecular weight is 342 g/mol. The fourth-order valence-corrected chi connectivity index (χ4v) is 4.25. The SMILES string of the molecule is Cn1ccnc1C1c2n[nH]c(=O)c3cccc(c23)CC1c1ccccc1. The molecule has 2 aromatic heterocycles. The number of rotatable bonds is 2. The van der Waals surface area contributed by atoms with Gasteiger partial charge in [0.05, 0.1) is 17.0 Å². The minimum Gasteiger partial charge on any atom is -0.337 e. The minimum absolute atomic E-state index is 0.00773. The molecule has 0 aliphatic heterocycles. The minimum atomic E-state index is -0.137. The van der Waals surface area contributed by atoms with Crippen LogP contribution in [0.25, 0.3) is 10.8 Å². The molecule has 0 spiro atoms. The third kappa shape index (κ3) is 2.13. The molecule has 128 valence electrons. The normalized spacial score (nSPS) is 19.0. The van der Waals surface area contributed by atoms with E-state index in [9.17, 15) is 4.79 Å². The molecule has 0 saturated heterocycles. The lowest BCUT2D eigenvalue weighted by atomic mass is 9.73. The summed E-state index contributed by atoms with van der Waals surface area (Å²) in [7, 11) is 2.01. The fourth-order valence-electron chi connectivity index (χ4n) is 4.25. The lowest BCUT2D eigenvalue weighted by Crippen LogP contribution is -2.26. The first-order chi connectivity index (χ1) is 12.7. The second-order valence-electron chi connectivity index (χ2n) is 6.87. The highest BCUT2D eigenvalue weighted by molar-refractivity contribution is 5.88. The zero-order valence-corrected chi connectivity index (χ0v) is 14.4. The molecule has 2 atom stereocenters. The molecule has 0 bridgehead atoms. The van der Waals surface area contributed by atoms with Crippen LogP contribution in [0, 0.1) is 0 Å². The van der Waals surface area contributed by atoms with Gasteiger partial charge < -0.3 is 4.57 Å². The molecule has 0 saturated carbocycles. The first kappa shape index (κ1) is 15.1. The Hall–Kier alpha value is -3.21. The molecule has 1 aliphatic carbocycles. The number of aromatic amines is 1. The highest BCUT2D eigenvalue weighted by Gasteiger charge is 2.36. The van der Waals surface area contributed by atoms with Crippen LogP contribution in [0.5, 0.6) is 0 Å². The van der Waals surface area contributed by atoms with E-state index in [0.717, 1.165) is 23.3 Å². The molecule has 5 heteroatoms. The van der Waals surface area contributed by atoms with Crippen LogP contribution in [-0.2, 0) is 13.5 Å². The smallest absolute Gasteiger partial charge is 0.272 e. The summed E-state index contributed by atoms with van der Waals surface area (Å²) < 4.78 is 2.05. The molecule has 4 aromatic rings.